The molecule has 0 bridgehead atoms. The number of aromatic nitrogens is 2. The van der Waals surface area contributed by atoms with E-state index in [0.29, 0.717) is 17.9 Å². The van der Waals surface area contributed by atoms with E-state index < -0.39 is 5.97 Å². The fourth-order valence-electron chi connectivity index (χ4n) is 1.23. The Hall–Kier alpha value is -2.37. The first-order valence-corrected chi connectivity index (χ1v) is 4.58. The largest absolute Gasteiger partial charge is 0.478 e. The Balaban J connectivity index is 2.12. The molecule has 2 heterocycles. The molecule has 82 valence electrons. The maximum Gasteiger partial charge on any atom is 0.339 e. The average Bonchev–Trinajstić information content (AvgIpc) is 2.79. The van der Waals surface area contributed by atoms with Crippen LogP contribution in [0.3, 0.4) is 0 Å². The zero-order valence-corrected chi connectivity index (χ0v) is 8.25. The van der Waals surface area contributed by atoms with Crippen molar-refractivity contribution in [3.63, 3.8) is 0 Å². The molecule has 6 heteroatoms. The number of aromatic carboxylic acids is 1. The summed E-state index contributed by atoms with van der Waals surface area (Å²) in [5, 5.41) is 15.6. The zero-order valence-electron chi connectivity index (χ0n) is 8.25. The van der Waals surface area contributed by atoms with Crippen LogP contribution in [0.15, 0.2) is 35.3 Å². The molecule has 6 nitrogen and oxygen atoms in total. The van der Waals surface area contributed by atoms with Crippen molar-refractivity contribution in [1.29, 1.82) is 0 Å². The van der Waals surface area contributed by atoms with Crippen molar-refractivity contribution in [1.82, 2.24) is 10.1 Å². The van der Waals surface area contributed by atoms with E-state index in [2.05, 4.69) is 20.0 Å². The third-order valence-electron chi connectivity index (χ3n) is 2.00. The zero-order chi connectivity index (χ0) is 11.4. The van der Waals surface area contributed by atoms with E-state index in [4.69, 9.17) is 5.11 Å². The second-order valence-electron chi connectivity index (χ2n) is 3.07. The maximum atomic E-state index is 10.9. The Morgan fingerprint density at radius 3 is 3.06 bits per heavy atom. The standard InChI is InChI=1S/C10H9N3O3/c14-10(15)8-6-11-3-1-9(8)12-5-7-2-4-16-13-7/h1-4,6H,5H2,(H,11,12)(H,14,15). The van der Waals surface area contributed by atoms with Gasteiger partial charge in [-0.1, -0.05) is 5.16 Å². The Morgan fingerprint density at radius 2 is 2.38 bits per heavy atom. The molecule has 0 radical (unpaired) electrons. The van der Waals surface area contributed by atoms with Gasteiger partial charge in [-0.25, -0.2) is 4.79 Å². The number of carboxylic acid groups (broad SMARTS) is 1. The molecule has 2 rings (SSSR count). The van der Waals surface area contributed by atoms with E-state index >= 15 is 0 Å². The van der Waals surface area contributed by atoms with E-state index in [-0.39, 0.29) is 5.56 Å². The molecular formula is C10H9N3O3. The van der Waals surface area contributed by atoms with E-state index in [0.717, 1.165) is 0 Å². The lowest BCUT2D eigenvalue weighted by Gasteiger charge is -2.06. The van der Waals surface area contributed by atoms with Gasteiger partial charge >= 0.3 is 5.97 Å². The van der Waals surface area contributed by atoms with Crippen LogP contribution in [-0.4, -0.2) is 21.2 Å². The highest BCUT2D eigenvalue weighted by Crippen LogP contribution is 2.14. The predicted octanol–water partition coefficient (Wildman–Crippen LogP) is 1.38. The molecular weight excluding hydrogens is 210 g/mol. The molecule has 0 fully saturated rings. The van der Waals surface area contributed by atoms with Gasteiger partial charge in [0.2, 0.25) is 0 Å². The van der Waals surface area contributed by atoms with Crippen molar-refractivity contribution in [2.45, 2.75) is 6.54 Å². The summed E-state index contributed by atoms with van der Waals surface area (Å²) in [6.07, 6.45) is 4.28. The third-order valence-corrected chi connectivity index (χ3v) is 2.00. The molecule has 0 saturated heterocycles. The van der Waals surface area contributed by atoms with Gasteiger partial charge in [0.25, 0.3) is 0 Å². The smallest absolute Gasteiger partial charge is 0.339 e. The maximum absolute atomic E-state index is 10.9. The molecule has 2 N–H and O–H groups in total. The average molecular weight is 219 g/mol. The lowest BCUT2D eigenvalue weighted by Crippen LogP contribution is -2.06. The van der Waals surface area contributed by atoms with Crippen molar-refractivity contribution in [3.8, 4) is 0 Å². The van der Waals surface area contributed by atoms with Gasteiger partial charge < -0.3 is 14.9 Å². The van der Waals surface area contributed by atoms with Crippen LogP contribution in [0, 0.1) is 0 Å². The number of pyridine rings is 1. The van der Waals surface area contributed by atoms with Crippen molar-refractivity contribution >= 4 is 11.7 Å². The van der Waals surface area contributed by atoms with E-state index in [1.54, 1.807) is 12.1 Å². The first-order chi connectivity index (χ1) is 7.77. The van der Waals surface area contributed by atoms with Crippen LogP contribution in [0.4, 0.5) is 5.69 Å². The van der Waals surface area contributed by atoms with Crippen LogP contribution in [0.2, 0.25) is 0 Å². The monoisotopic (exact) mass is 219 g/mol. The number of nitrogens with zero attached hydrogens (tertiary/aromatic N) is 2. The highest BCUT2D eigenvalue weighted by atomic mass is 16.5. The number of hydrogen-bond acceptors (Lipinski definition) is 5. The van der Waals surface area contributed by atoms with E-state index in [1.807, 2.05) is 0 Å². The van der Waals surface area contributed by atoms with Crippen LogP contribution in [-0.2, 0) is 6.54 Å². The number of nitrogens with one attached hydrogen (secondary N) is 1. The van der Waals surface area contributed by atoms with Gasteiger partial charge in [-0.3, -0.25) is 4.98 Å². The summed E-state index contributed by atoms with van der Waals surface area (Å²) in [5.74, 6) is -1.02. The summed E-state index contributed by atoms with van der Waals surface area (Å²) in [6, 6.07) is 3.30. The molecule has 0 spiro atoms. The van der Waals surface area contributed by atoms with Gasteiger partial charge in [0, 0.05) is 18.5 Å². The minimum Gasteiger partial charge on any atom is -0.478 e. The van der Waals surface area contributed by atoms with Gasteiger partial charge in [-0.15, -0.1) is 0 Å². The number of hydrogen-bond donors (Lipinski definition) is 2. The molecule has 2 aromatic heterocycles. The van der Waals surface area contributed by atoms with Gasteiger partial charge in [0.15, 0.2) is 0 Å². The second-order valence-corrected chi connectivity index (χ2v) is 3.07. The summed E-state index contributed by atoms with van der Waals surface area (Å²) in [7, 11) is 0. The molecule has 0 aliphatic heterocycles. The van der Waals surface area contributed by atoms with E-state index in [1.165, 1.54) is 18.7 Å². The predicted molar refractivity (Wildman–Crippen MR) is 55.0 cm³/mol. The molecule has 0 aliphatic rings. The number of carboxylic acids is 1. The van der Waals surface area contributed by atoms with E-state index in [9.17, 15) is 4.79 Å². The molecule has 0 unspecified atom stereocenters. The first kappa shape index (κ1) is 10.2. The summed E-state index contributed by atoms with van der Waals surface area (Å²) in [5.41, 5.74) is 1.34. The highest BCUT2D eigenvalue weighted by molar-refractivity contribution is 5.93. The molecule has 2 aromatic rings. The fourth-order valence-corrected chi connectivity index (χ4v) is 1.23. The van der Waals surface area contributed by atoms with Gasteiger partial charge in [-0.05, 0) is 6.07 Å². The topological polar surface area (TPSA) is 88.2 Å². The normalized spacial score (nSPS) is 10.0. The Labute approximate surface area is 90.9 Å². The minimum atomic E-state index is -1.02. The van der Waals surface area contributed by atoms with Crippen LogP contribution in [0.5, 0.6) is 0 Å². The molecule has 0 aromatic carbocycles. The third kappa shape index (κ3) is 2.17. The van der Waals surface area contributed by atoms with Crippen molar-refractivity contribution in [2.24, 2.45) is 0 Å². The van der Waals surface area contributed by atoms with Crippen molar-refractivity contribution < 1.29 is 14.4 Å². The first-order valence-electron chi connectivity index (χ1n) is 4.58. The minimum absolute atomic E-state index is 0.131. The van der Waals surface area contributed by atoms with Crippen LogP contribution >= 0.6 is 0 Å². The highest BCUT2D eigenvalue weighted by Gasteiger charge is 2.09. The molecule has 16 heavy (non-hydrogen) atoms. The SMILES string of the molecule is O=C(O)c1cnccc1NCc1ccon1. The Morgan fingerprint density at radius 1 is 1.50 bits per heavy atom. The summed E-state index contributed by atoms with van der Waals surface area (Å²) in [6.45, 7) is 0.404. The summed E-state index contributed by atoms with van der Waals surface area (Å²) in [4.78, 5) is 14.6. The second kappa shape index (κ2) is 4.43. The molecule has 0 aliphatic carbocycles. The number of rotatable bonds is 4. The van der Waals surface area contributed by atoms with Crippen LogP contribution < -0.4 is 5.32 Å². The van der Waals surface area contributed by atoms with Gasteiger partial charge in [0.1, 0.15) is 17.5 Å². The Bertz CT molecular complexity index is 482. The summed E-state index contributed by atoms with van der Waals surface area (Å²) >= 11 is 0. The van der Waals surface area contributed by atoms with Gasteiger partial charge in [0.05, 0.1) is 12.2 Å². The molecule has 0 amide bonds. The quantitative estimate of drug-likeness (QED) is 0.807. The fraction of sp³-hybridized carbons (Fsp3) is 0.100. The number of carbonyl (C=O) groups is 1. The van der Waals surface area contributed by atoms with Crippen molar-refractivity contribution in [3.05, 3.63) is 42.0 Å². The van der Waals surface area contributed by atoms with Crippen LogP contribution in [0.1, 0.15) is 16.1 Å². The molecule has 0 atom stereocenters. The lowest BCUT2D eigenvalue weighted by atomic mass is 10.2. The Kier molecular flexibility index (Phi) is 2.81. The van der Waals surface area contributed by atoms with Crippen LogP contribution in [0.25, 0.3) is 0 Å². The number of anilines is 1. The lowest BCUT2D eigenvalue weighted by molar-refractivity contribution is 0.0697. The summed E-state index contributed by atoms with van der Waals surface area (Å²) < 4.78 is 4.66. The van der Waals surface area contributed by atoms with Gasteiger partial charge in [-0.2, -0.15) is 0 Å². The van der Waals surface area contributed by atoms with Crippen molar-refractivity contribution in [2.75, 3.05) is 5.32 Å². The molecule has 0 saturated carbocycles.